The molecule has 0 spiro atoms. The molecular formula is C34H27ClF6N8O3S. The molecule has 1 saturated carbocycles. The van der Waals surface area contributed by atoms with E-state index in [2.05, 4.69) is 25.2 Å². The zero-order chi connectivity index (χ0) is 37.7. The number of hydrogen-bond acceptors (Lipinski definition) is 6. The van der Waals surface area contributed by atoms with Crippen LogP contribution in [0.5, 0.6) is 0 Å². The van der Waals surface area contributed by atoms with Gasteiger partial charge in [0.1, 0.15) is 29.6 Å². The number of sulfonamides is 1. The highest BCUT2D eigenvalue weighted by atomic mass is 35.5. The molecule has 19 heteroatoms. The van der Waals surface area contributed by atoms with Gasteiger partial charge in [-0.2, -0.15) is 19.0 Å². The molecule has 0 unspecified atom stereocenters. The molecule has 4 aromatic heterocycles. The second kappa shape index (κ2) is 12.2. The first-order valence-corrected chi connectivity index (χ1v) is 18.4. The van der Waals surface area contributed by atoms with Crippen LogP contribution in [0.2, 0.25) is 5.02 Å². The van der Waals surface area contributed by atoms with Gasteiger partial charge >= 0.3 is 0 Å². The molecule has 0 saturated heterocycles. The van der Waals surface area contributed by atoms with Gasteiger partial charge in [-0.15, -0.1) is 0 Å². The average Bonchev–Trinajstić information content (AvgIpc) is 3.28. The summed E-state index contributed by atoms with van der Waals surface area (Å²) in [5.74, 6) is -8.16. The molecule has 53 heavy (non-hydrogen) atoms. The molecule has 4 heterocycles. The maximum absolute atomic E-state index is 15.3. The number of alkyl halides is 4. The Bertz CT molecular complexity index is 2590. The van der Waals surface area contributed by atoms with Crippen molar-refractivity contribution < 1.29 is 39.6 Å². The Hall–Kier alpha value is -5.10. The van der Waals surface area contributed by atoms with E-state index < -0.39 is 75.7 Å². The van der Waals surface area contributed by atoms with Crippen molar-refractivity contribution >= 4 is 55.3 Å². The van der Waals surface area contributed by atoms with E-state index in [1.807, 2.05) is 0 Å². The van der Waals surface area contributed by atoms with E-state index in [-0.39, 0.29) is 45.9 Å². The molecule has 1 fully saturated rings. The zero-order valence-corrected chi connectivity index (χ0v) is 29.1. The molecule has 0 aliphatic heterocycles. The lowest BCUT2D eigenvalue weighted by Gasteiger charge is -2.23. The Labute approximate surface area is 301 Å². The van der Waals surface area contributed by atoms with E-state index in [9.17, 15) is 30.8 Å². The van der Waals surface area contributed by atoms with Crippen molar-refractivity contribution in [2.75, 3.05) is 11.0 Å². The van der Waals surface area contributed by atoms with Crippen LogP contribution in [0.3, 0.4) is 0 Å². The van der Waals surface area contributed by atoms with Gasteiger partial charge in [0.25, 0.3) is 12.3 Å². The maximum atomic E-state index is 15.3. The van der Waals surface area contributed by atoms with Gasteiger partial charge in [0.05, 0.1) is 45.0 Å². The second-order valence-corrected chi connectivity index (χ2v) is 15.4. The third-order valence-corrected chi connectivity index (χ3v) is 10.4. The number of carbonyl (C=O) groups is 1. The summed E-state index contributed by atoms with van der Waals surface area (Å²) in [6.07, 6.45) is -0.806. The summed E-state index contributed by atoms with van der Waals surface area (Å²) in [4.78, 5) is 21.7. The highest BCUT2D eigenvalue weighted by molar-refractivity contribution is 7.92. The van der Waals surface area contributed by atoms with Gasteiger partial charge in [0.2, 0.25) is 15.9 Å². The van der Waals surface area contributed by atoms with Crippen molar-refractivity contribution in [2.24, 2.45) is 13.0 Å². The SMILES string of the molecule is Cn1nc(NS(C)(=O)=O)c2c(Cl)ccc(-c3cc4[nH]ccc4nc3[C@H](Cc3cc(F)cc(F)c3)NC(=O)Cn3nc(C(F)F)c4c3C(F)(F)[C@@H]3C[C@H]43)c21. The minimum Gasteiger partial charge on any atom is -0.360 e. The number of rotatable bonds is 10. The predicted octanol–water partition coefficient (Wildman–Crippen LogP) is 6.86. The third-order valence-electron chi connectivity index (χ3n) is 9.56. The molecule has 3 atom stereocenters. The van der Waals surface area contributed by atoms with Crippen LogP contribution in [0.4, 0.5) is 32.2 Å². The largest absolute Gasteiger partial charge is 0.360 e. The van der Waals surface area contributed by atoms with E-state index >= 15 is 8.78 Å². The van der Waals surface area contributed by atoms with E-state index in [0.29, 0.717) is 38.4 Å². The summed E-state index contributed by atoms with van der Waals surface area (Å²) in [6.45, 7) is -0.868. The Morgan fingerprint density at radius 3 is 2.51 bits per heavy atom. The molecule has 0 radical (unpaired) electrons. The van der Waals surface area contributed by atoms with Gasteiger partial charge in [-0.25, -0.2) is 31.0 Å². The fourth-order valence-electron chi connectivity index (χ4n) is 7.45. The van der Waals surface area contributed by atoms with Crippen LogP contribution < -0.4 is 10.0 Å². The Kier molecular flexibility index (Phi) is 8.06. The van der Waals surface area contributed by atoms with E-state index in [4.69, 9.17) is 16.6 Å². The zero-order valence-electron chi connectivity index (χ0n) is 27.6. The third kappa shape index (κ3) is 6.06. The maximum Gasteiger partial charge on any atom is 0.293 e. The minimum absolute atomic E-state index is 0.0421. The lowest BCUT2D eigenvalue weighted by molar-refractivity contribution is -0.123. The van der Waals surface area contributed by atoms with Gasteiger partial charge in [0.15, 0.2) is 5.82 Å². The molecule has 2 aromatic carbocycles. The Balaban J connectivity index is 1.26. The average molecular weight is 777 g/mol. The molecule has 6 aromatic rings. The monoisotopic (exact) mass is 776 g/mol. The smallest absolute Gasteiger partial charge is 0.293 e. The number of pyridine rings is 1. The Morgan fingerprint density at radius 2 is 1.81 bits per heavy atom. The van der Waals surface area contributed by atoms with Crippen LogP contribution in [-0.2, 0) is 40.8 Å². The molecule has 8 rings (SSSR count). The highest BCUT2D eigenvalue weighted by Crippen LogP contribution is 2.68. The van der Waals surface area contributed by atoms with Gasteiger partial charge in [0, 0.05) is 41.9 Å². The number of aryl methyl sites for hydroxylation is 1. The van der Waals surface area contributed by atoms with Gasteiger partial charge in [-0.1, -0.05) is 17.7 Å². The summed E-state index contributed by atoms with van der Waals surface area (Å²) in [6, 6.07) is 8.06. The Morgan fingerprint density at radius 1 is 1.08 bits per heavy atom. The number of aromatic amines is 1. The van der Waals surface area contributed by atoms with Crippen LogP contribution in [0, 0.1) is 17.6 Å². The molecule has 11 nitrogen and oxygen atoms in total. The highest BCUT2D eigenvalue weighted by Gasteiger charge is 2.67. The fourth-order valence-corrected chi connectivity index (χ4v) is 8.19. The standard InChI is InChI=1S/C34H27ClF6N8O3S/c1-48-30-17(3-4-21(35)27(30)33(46-48)47-53(2,51)52)18-12-23-22(5-6-42-23)44-28(18)24(9-14-7-15(36)10-16(37)8-14)43-25(50)13-49-31-26(29(45-49)32(38)39)19-11-20(19)34(31,40)41/h3-8,10,12,19-20,24,32,42H,9,11,13H2,1-2H3,(H,43,50)(H,46,47)/t19-,20+,24-/m0/s1. The molecule has 3 N–H and O–H groups in total. The van der Waals surface area contributed by atoms with E-state index in [1.165, 1.54) is 10.7 Å². The minimum atomic E-state index is -3.79. The topological polar surface area (TPSA) is 140 Å². The van der Waals surface area contributed by atoms with Crippen molar-refractivity contribution in [1.82, 2.24) is 34.8 Å². The van der Waals surface area contributed by atoms with Crippen molar-refractivity contribution in [3.05, 3.63) is 93.5 Å². The van der Waals surface area contributed by atoms with Crippen molar-refractivity contribution in [2.45, 2.75) is 43.7 Å². The summed E-state index contributed by atoms with van der Waals surface area (Å²) in [5, 5.41) is 11.2. The molecule has 0 bridgehead atoms. The first-order valence-electron chi connectivity index (χ1n) is 16.1. The number of nitrogens with one attached hydrogen (secondary N) is 3. The quantitative estimate of drug-likeness (QED) is 0.130. The van der Waals surface area contributed by atoms with Gasteiger partial charge in [-0.05, 0) is 54.7 Å². The number of halogens is 7. The van der Waals surface area contributed by atoms with Gasteiger partial charge in [-0.3, -0.25) is 18.9 Å². The lowest BCUT2D eigenvalue weighted by atomic mass is 9.93. The molecular weight excluding hydrogens is 750 g/mol. The number of aromatic nitrogens is 6. The number of benzene rings is 2. The first-order chi connectivity index (χ1) is 25.0. The van der Waals surface area contributed by atoms with Crippen molar-refractivity contribution in [1.29, 1.82) is 0 Å². The number of hydrogen-bond donors (Lipinski definition) is 3. The van der Waals surface area contributed by atoms with Crippen LogP contribution in [-0.4, -0.2) is 50.1 Å². The van der Waals surface area contributed by atoms with Crippen LogP contribution >= 0.6 is 11.6 Å². The van der Waals surface area contributed by atoms with E-state index in [1.54, 1.807) is 31.4 Å². The van der Waals surface area contributed by atoms with Crippen LogP contribution in [0.15, 0.2) is 48.7 Å². The van der Waals surface area contributed by atoms with Crippen LogP contribution in [0.25, 0.3) is 33.1 Å². The summed E-state index contributed by atoms with van der Waals surface area (Å²) >= 11 is 6.57. The predicted molar refractivity (Wildman–Crippen MR) is 182 cm³/mol. The fraction of sp³-hybridized carbons (Fsp3) is 0.294. The number of anilines is 1. The van der Waals surface area contributed by atoms with Crippen LogP contribution in [0.1, 0.15) is 53.0 Å². The number of nitrogens with zero attached hydrogens (tertiary/aromatic N) is 5. The molecule has 2 aliphatic rings. The van der Waals surface area contributed by atoms with Crippen molar-refractivity contribution in [3.63, 3.8) is 0 Å². The molecule has 276 valence electrons. The normalized spacial score (nSPS) is 18.1. The van der Waals surface area contributed by atoms with Gasteiger partial charge < -0.3 is 10.3 Å². The number of H-pyrrole nitrogens is 1. The molecule has 1 amide bonds. The number of carbonyl (C=O) groups excluding carboxylic acids is 1. The van der Waals surface area contributed by atoms with E-state index in [0.717, 1.165) is 18.4 Å². The lowest BCUT2D eigenvalue weighted by Crippen LogP contribution is -2.35. The summed E-state index contributed by atoms with van der Waals surface area (Å²) in [5.41, 5.74) is 0.588. The second-order valence-electron chi connectivity index (χ2n) is 13.3. The number of fused-ring (bicyclic) bond motifs is 5. The first kappa shape index (κ1) is 35.0. The van der Waals surface area contributed by atoms with Crippen molar-refractivity contribution in [3.8, 4) is 11.1 Å². The number of amides is 1. The molecule has 2 aliphatic carbocycles. The summed E-state index contributed by atoms with van der Waals surface area (Å²) in [7, 11) is -2.24. The summed E-state index contributed by atoms with van der Waals surface area (Å²) < 4.78 is 116.